The van der Waals surface area contributed by atoms with E-state index in [9.17, 15) is 14.9 Å². The second kappa shape index (κ2) is 10.3. The number of nitrogens with one attached hydrogen (secondary N) is 1. The summed E-state index contributed by atoms with van der Waals surface area (Å²) in [5.74, 6) is 0.289. The summed E-state index contributed by atoms with van der Waals surface area (Å²) >= 11 is 6.12. The molecule has 2 aromatic carbocycles. The molecule has 0 saturated heterocycles. The van der Waals surface area contributed by atoms with E-state index in [1.165, 1.54) is 17.6 Å². The predicted octanol–water partition coefficient (Wildman–Crippen LogP) is 5.31. The van der Waals surface area contributed by atoms with E-state index in [-0.39, 0.29) is 17.0 Å². The molecular weight excluding hydrogens is 480 g/mol. The van der Waals surface area contributed by atoms with E-state index in [0.717, 1.165) is 11.1 Å². The molecule has 0 aliphatic heterocycles. The molecule has 36 heavy (non-hydrogen) atoms. The molecule has 0 fully saturated rings. The Hall–Kier alpha value is -4.61. The number of carbonyl (C=O) groups excluding carboxylic acids is 1. The lowest BCUT2D eigenvalue weighted by Crippen LogP contribution is -2.20. The quantitative estimate of drug-likeness (QED) is 0.284. The summed E-state index contributed by atoms with van der Waals surface area (Å²) in [6.45, 7) is 3.64. The van der Waals surface area contributed by atoms with Gasteiger partial charge < -0.3 is 14.8 Å². The molecular formula is C27H21ClN4O4. The van der Waals surface area contributed by atoms with Crippen molar-refractivity contribution in [3.63, 3.8) is 0 Å². The van der Waals surface area contributed by atoms with Gasteiger partial charge in [-0.05, 0) is 79.6 Å². The van der Waals surface area contributed by atoms with Gasteiger partial charge in [-0.1, -0.05) is 17.7 Å². The van der Waals surface area contributed by atoms with Crippen LogP contribution in [0, 0.1) is 25.2 Å². The Morgan fingerprint density at radius 2 is 1.83 bits per heavy atom. The van der Waals surface area contributed by atoms with Crippen LogP contribution in [0.5, 0.6) is 17.4 Å². The van der Waals surface area contributed by atoms with Crippen LogP contribution in [-0.4, -0.2) is 22.4 Å². The van der Waals surface area contributed by atoms with Gasteiger partial charge in [-0.15, -0.1) is 0 Å². The van der Waals surface area contributed by atoms with Crippen molar-refractivity contribution in [3.8, 4) is 23.4 Å². The highest BCUT2D eigenvalue weighted by Gasteiger charge is 2.18. The first kappa shape index (κ1) is 24.5. The van der Waals surface area contributed by atoms with E-state index < -0.39 is 11.5 Å². The zero-order valence-electron chi connectivity index (χ0n) is 19.7. The molecule has 0 atom stereocenters. The van der Waals surface area contributed by atoms with E-state index >= 15 is 0 Å². The van der Waals surface area contributed by atoms with Crippen molar-refractivity contribution in [2.24, 2.45) is 0 Å². The average Bonchev–Trinajstić information content (AvgIpc) is 2.87. The SMILES string of the molecule is COc1ccc(NC(=O)/C(C#N)=C/c2c(Oc3ccc(Cl)c(C)c3)nc3c(C)cccn3c2=O)cc1. The Bertz CT molecular complexity index is 1600. The van der Waals surface area contributed by atoms with Gasteiger partial charge in [-0.2, -0.15) is 10.2 Å². The lowest BCUT2D eigenvalue weighted by Gasteiger charge is -2.12. The first-order valence-corrected chi connectivity index (χ1v) is 11.2. The van der Waals surface area contributed by atoms with Crippen molar-refractivity contribution in [2.75, 3.05) is 12.4 Å². The van der Waals surface area contributed by atoms with Crippen LogP contribution in [-0.2, 0) is 4.79 Å². The Balaban J connectivity index is 1.80. The van der Waals surface area contributed by atoms with Crippen LogP contribution in [0.4, 0.5) is 5.69 Å². The number of aryl methyl sites for hydroxylation is 2. The summed E-state index contributed by atoms with van der Waals surface area (Å²) in [6, 6.07) is 17.0. The van der Waals surface area contributed by atoms with E-state index in [1.54, 1.807) is 54.7 Å². The number of methoxy groups -OCH3 is 1. The number of benzene rings is 2. The van der Waals surface area contributed by atoms with Gasteiger partial charge in [0.05, 0.1) is 7.11 Å². The maximum absolute atomic E-state index is 13.4. The molecule has 8 nitrogen and oxygen atoms in total. The predicted molar refractivity (Wildman–Crippen MR) is 138 cm³/mol. The number of aromatic nitrogens is 2. The van der Waals surface area contributed by atoms with Crippen LogP contribution in [0.1, 0.15) is 16.7 Å². The number of carbonyl (C=O) groups is 1. The fourth-order valence-electron chi connectivity index (χ4n) is 3.45. The van der Waals surface area contributed by atoms with Gasteiger partial charge in [0.25, 0.3) is 11.5 Å². The van der Waals surface area contributed by atoms with E-state index in [0.29, 0.717) is 27.9 Å². The number of hydrogen-bond donors (Lipinski definition) is 1. The third kappa shape index (κ3) is 5.06. The summed E-state index contributed by atoms with van der Waals surface area (Å²) in [5.41, 5.74) is 1.54. The molecule has 0 aliphatic carbocycles. The highest BCUT2D eigenvalue weighted by molar-refractivity contribution is 6.31. The third-order valence-corrected chi connectivity index (χ3v) is 5.82. The number of pyridine rings is 1. The van der Waals surface area contributed by atoms with E-state index in [4.69, 9.17) is 21.1 Å². The van der Waals surface area contributed by atoms with Gasteiger partial charge in [-0.25, -0.2) is 0 Å². The van der Waals surface area contributed by atoms with E-state index in [1.807, 2.05) is 26.0 Å². The number of rotatable bonds is 6. The number of nitriles is 1. The highest BCUT2D eigenvalue weighted by atomic mass is 35.5. The summed E-state index contributed by atoms with van der Waals surface area (Å²) < 4.78 is 12.4. The Morgan fingerprint density at radius 3 is 2.50 bits per heavy atom. The van der Waals surface area contributed by atoms with Crippen LogP contribution < -0.4 is 20.3 Å². The molecule has 2 aromatic heterocycles. The van der Waals surface area contributed by atoms with Crippen molar-refractivity contribution >= 4 is 34.9 Å². The number of ether oxygens (including phenoxy) is 2. The van der Waals surface area contributed by atoms with Crippen molar-refractivity contribution in [1.82, 2.24) is 9.38 Å². The standard InChI is InChI=1S/C27H21ClN4O4/c1-16-5-4-12-32-24(16)31-26(36-21-10-11-23(28)17(2)13-21)22(27(32)34)14-18(15-29)25(33)30-19-6-8-20(35-3)9-7-19/h4-14H,1-3H3,(H,30,33)/b18-14+. The molecule has 180 valence electrons. The lowest BCUT2D eigenvalue weighted by molar-refractivity contribution is -0.112. The molecule has 9 heteroatoms. The van der Waals surface area contributed by atoms with Crippen LogP contribution in [0.2, 0.25) is 5.02 Å². The molecule has 4 rings (SSSR count). The zero-order valence-corrected chi connectivity index (χ0v) is 20.5. The molecule has 1 N–H and O–H groups in total. The summed E-state index contributed by atoms with van der Waals surface area (Å²) in [7, 11) is 1.53. The molecule has 4 aromatic rings. The van der Waals surface area contributed by atoms with Gasteiger partial charge in [0.2, 0.25) is 5.88 Å². The maximum atomic E-state index is 13.4. The largest absolute Gasteiger partial charge is 0.497 e. The highest BCUT2D eigenvalue weighted by Crippen LogP contribution is 2.28. The average molecular weight is 501 g/mol. The van der Waals surface area contributed by atoms with Crippen molar-refractivity contribution < 1.29 is 14.3 Å². The molecule has 0 bridgehead atoms. The van der Waals surface area contributed by atoms with Crippen LogP contribution in [0.15, 0.2) is 71.2 Å². The topological polar surface area (TPSA) is 106 Å². The smallest absolute Gasteiger partial charge is 0.269 e. The first-order chi connectivity index (χ1) is 17.3. The number of nitrogens with zero attached hydrogens (tertiary/aromatic N) is 3. The Morgan fingerprint density at radius 1 is 1.11 bits per heavy atom. The number of halogens is 1. The third-order valence-electron chi connectivity index (χ3n) is 5.39. The number of fused-ring (bicyclic) bond motifs is 1. The molecule has 0 radical (unpaired) electrons. The number of amides is 1. The van der Waals surface area contributed by atoms with Crippen LogP contribution in [0.25, 0.3) is 11.7 Å². The van der Waals surface area contributed by atoms with Gasteiger partial charge in [0.1, 0.15) is 34.4 Å². The van der Waals surface area contributed by atoms with Gasteiger partial charge in [0, 0.05) is 16.9 Å². The van der Waals surface area contributed by atoms with Crippen molar-refractivity contribution in [1.29, 1.82) is 5.26 Å². The fraction of sp³-hybridized carbons (Fsp3) is 0.111. The fourth-order valence-corrected chi connectivity index (χ4v) is 3.57. The summed E-state index contributed by atoms with van der Waals surface area (Å²) in [5, 5.41) is 12.9. The minimum absolute atomic E-state index is 0.0407. The van der Waals surface area contributed by atoms with Crippen molar-refractivity contribution in [2.45, 2.75) is 13.8 Å². The number of anilines is 1. The van der Waals surface area contributed by atoms with Crippen LogP contribution >= 0.6 is 11.6 Å². The second-order valence-electron chi connectivity index (χ2n) is 7.89. The summed E-state index contributed by atoms with van der Waals surface area (Å²) in [6.07, 6.45) is 2.75. The van der Waals surface area contributed by atoms with Crippen LogP contribution in [0.3, 0.4) is 0 Å². The molecule has 0 spiro atoms. The monoisotopic (exact) mass is 500 g/mol. The molecule has 0 unspecified atom stereocenters. The normalized spacial score (nSPS) is 11.1. The second-order valence-corrected chi connectivity index (χ2v) is 8.29. The lowest BCUT2D eigenvalue weighted by atomic mass is 10.1. The Kier molecular flexibility index (Phi) is 7.04. The first-order valence-electron chi connectivity index (χ1n) is 10.8. The van der Waals surface area contributed by atoms with E-state index in [2.05, 4.69) is 10.3 Å². The Labute approximate surface area is 212 Å². The summed E-state index contributed by atoms with van der Waals surface area (Å²) in [4.78, 5) is 30.8. The molecule has 0 aliphatic rings. The minimum atomic E-state index is -0.690. The minimum Gasteiger partial charge on any atom is -0.497 e. The number of hydrogen-bond acceptors (Lipinski definition) is 6. The zero-order chi connectivity index (χ0) is 25.8. The van der Waals surface area contributed by atoms with Gasteiger partial charge >= 0.3 is 0 Å². The molecule has 0 saturated carbocycles. The van der Waals surface area contributed by atoms with Crippen molar-refractivity contribution in [3.05, 3.63) is 98.4 Å². The maximum Gasteiger partial charge on any atom is 0.269 e. The molecule has 2 heterocycles. The molecule has 1 amide bonds. The van der Waals surface area contributed by atoms with Gasteiger partial charge in [0.15, 0.2) is 0 Å². The van der Waals surface area contributed by atoms with Gasteiger partial charge in [-0.3, -0.25) is 14.0 Å².